The van der Waals surface area contributed by atoms with E-state index in [-0.39, 0.29) is 11.6 Å². The molecule has 0 aliphatic heterocycles. The van der Waals surface area contributed by atoms with E-state index in [0.29, 0.717) is 27.2 Å². The minimum atomic E-state index is 0.139. The van der Waals surface area contributed by atoms with E-state index in [1.165, 1.54) is 11.8 Å². The predicted octanol–water partition coefficient (Wildman–Crippen LogP) is 3.99. The van der Waals surface area contributed by atoms with Crippen molar-refractivity contribution in [2.75, 3.05) is 11.6 Å². The number of hydrogen-bond donors (Lipinski definition) is 1. The number of benzene rings is 1. The fraction of sp³-hybridized carbons (Fsp3) is 0.154. The van der Waals surface area contributed by atoms with Gasteiger partial charge in [0.2, 0.25) is 0 Å². The zero-order chi connectivity index (χ0) is 14.5. The lowest BCUT2D eigenvalue weighted by Gasteiger charge is -2.12. The van der Waals surface area contributed by atoms with Crippen LogP contribution in [0.1, 0.15) is 5.56 Å². The van der Waals surface area contributed by atoms with E-state index in [2.05, 4.69) is 15.3 Å². The van der Waals surface area contributed by atoms with Crippen molar-refractivity contribution in [3.8, 4) is 0 Å². The van der Waals surface area contributed by atoms with Gasteiger partial charge in [-0.25, -0.2) is 9.97 Å². The number of aromatic nitrogens is 2. The molecule has 0 aliphatic rings. The fourth-order valence-electron chi connectivity index (χ4n) is 1.59. The van der Waals surface area contributed by atoms with Crippen LogP contribution in [0, 0.1) is 0 Å². The largest absolute Gasteiger partial charge is 0.339 e. The second kappa shape index (κ2) is 6.92. The van der Waals surface area contributed by atoms with E-state index in [1.54, 1.807) is 6.07 Å². The maximum Gasteiger partial charge on any atom is 0.190 e. The third kappa shape index (κ3) is 3.42. The van der Waals surface area contributed by atoms with Gasteiger partial charge in [0.25, 0.3) is 0 Å². The minimum Gasteiger partial charge on any atom is -0.339 e. The molecule has 0 spiro atoms. The molecule has 0 aliphatic carbocycles. The van der Waals surface area contributed by atoms with Crippen LogP contribution in [0.15, 0.2) is 29.4 Å². The Kier molecular flexibility index (Phi) is 5.23. The Labute approximate surface area is 130 Å². The van der Waals surface area contributed by atoms with Crippen molar-refractivity contribution in [2.45, 2.75) is 11.6 Å². The second-order valence-corrected chi connectivity index (χ2v) is 5.34. The van der Waals surface area contributed by atoms with Crippen LogP contribution in [0.4, 0.5) is 11.5 Å². The summed E-state index contributed by atoms with van der Waals surface area (Å²) in [6.07, 6.45) is 2.76. The van der Waals surface area contributed by atoms with Crippen molar-refractivity contribution in [1.29, 1.82) is 0 Å². The molecular formula is C13H11Cl2N3OS. The molecule has 0 fully saturated rings. The topological polar surface area (TPSA) is 54.9 Å². The molecule has 104 valence electrons. The molecule has 0 amide bonds. The number of carbonyl (C=O) groups excluding carboxylic acids is 1. The molecule has 1 aromatic heterocycles. The number of aldehydes is 1. The predicted molar refractivity (Wildman–Crippen MR) is 83.3 cm³/mol. The summed E-state index contributed by atoms with van der Waals surface area (Å²) in [6, 6.07) is 7.27. The average Bonchev–Trinajstić information content (AvgIpc) is 2.44. The third-order valence-corrected chi connectivity index (χ3v) is 3.72. The quantitative estimate of drug-likeness (QED) is 0.389. The van der Waals surface area contributed by atoms with Gasteiger partial charge in [-0.1, -0.05) is 47.1 Å². The Morgan fingerprint density at radius 3 is 2.70 bits per heavy atom. The Bertz CT molecular complexity index is 637. The Morgan fingerprint density at radius 1 is 1.30 bits per heavy atom. The van der Waals surface area contributed by atoms with Gasteiger partial charge >= 0.3 is 0 Å². The van der Waals surface area contributed by atoms with Crippen molar-refractivity contribution < 1.29 is 4.79 Å². The molecular weight excluding hydrogens is 317 g/mol. The van der Waals surface area contributed by atoms with Gasteiger partial charge in [-0.2, -0.15) is 0 Å². The van der Waals surface area contributed by atoms with E-state index >= 15 is 0 Å². The standard InChI is InChI=1S/C13H11Cl2N3OS/c1-20-13-17-11(15)8(6-7-19)12(18-13)16-10-5-3-2-4-9(10)14/h2-5,7H,6H2,1H3,(H,16,17,18). The van der Waals surface area contributed by atoms with E-state index in [0.717, 1.165) is 6.29 Å². The highest BCUT2D eigenvalue weighted by Gasteiger charge is 2.13. The first kappa shape index (κ1) is 15.1. The summed E-state index contributed by atoms with van der Waals surface area (Å²) < 4.78 is 0. The van der Waals surface area contributed by atoms with Gasteiger partial charge < -0.3 is 10.1 Å². The lowest BCUT2D eigenvalue weighted by molar-refractivity contribution is -0.107. The van der Waals surface area contributed by atoms with E-state index < -0.39 is 0 Å². The first-order valence-corrected chi connectivity index (χ1v) is 7.69. The van der Waals surface area contributed by atoms with Crippen LogP contribution in [0.2, 0.25) is 10.2 Å². The van der Waals surface area contributed by atoms with Gasteiger partial charge in [-0.05, 0) is 18.4 Å². The number of para-hydroxylation sites is 1. The summed E-state index contributed by atoms with van der Waals surface area (Å²) in [5, 5.41) is 4.46. The van der Waals surface area contributed by atoms with Crippen molar-refractivity contribution in [3.05, 3.63) is 40.0 Å². The van der Waals surface area contributed by atoms with Gasteiger partial charge in [0.15, 0.2) is 5.16 Å². The van der Waals surface area contributed by atoms with E-state index in [4.69, 9.17) is 23.2 Å². The lowest BCUT2D eigenvalue weighted by atomic mass is 10.2. The third-order valence-electron chi connectivity index (χ3n) is 2.53. The van der Waals surface area contributed by atoms with Crippen molar-refractivity contribution in [1.82, 2.24) is 9.97 Å². The van der Waals surface area contributed by atoms with Crippen LogP contribution in [0.25, 0.3) is 0 Å². The molecule has 2 aromatic rings. The van der Waals surface area contributed by atoms with E-state index in [1.807, 2.05) is 24.5 Å². The Morgan fingerprint density at radius 2 is 2.05 bits per heavy atom. The van der Waals surface area contributed by atoms with Crippen LogP contribution in [-0.4, -0.2) is 22.5 Å². The Balaban J connectivity index is 2.45. The molecule has 0 atom stereocenters. The number of hydrogen-bond acceptors (Lipinski definition) is 5. The van der Waals surface area contributed by atoms with Crippen molar-refractivity contribution >= 4 is 52.8 Å². The minimum absolute atomic E-state index is 0.139. The molecule has 1 N–H and O–H groups in total. The summed E-state index contributed by atoms with van der Waals surface area (Å²) >= 11 is 13.6. The summed E-state index contributed by atoms with van der Waals surface area (Å²) in [6.45, 7) is 0. The van der Waals surface area contributed by atoms with Gasteiger partial charge in [-0.3, -0.25) is 0 Å². The van der Waals surface area contributed by atoms with Crippen LogP contribution in [0.5, 0.6) is 0 Å². The normalized spacial score (nSPS) is 10.3. The maximum absolute atomic E-state index is 10.8. The molecule has 0 bridgehead atoms. The molecule has 7 heteroatoms. The first-order valence-electron chi connectivity index (χ1n) is 5.71. The Hall–Kier alpha value is -1.30. The smallest absolute Gasteiger partial charge is 0.190 e. The summed E-state index contributed by atoms with van der Waals surface area (Å²) in [7, 11) is 0. The summed E-state index contributed by atoms with van der Waals surface area (Å²) in [4.78, 5) is 19.2. The van der Waals surface area contributed by atoms with Gasteiger partial charge in [-0.15, -0.1) is 0 Å². The van der Waals surface area contributed by atoms with Crippen molar-refractivity contribution in [2.24, 2.45) is 0 Å². The molecule has 4 nitrogen and oxygen atoms in total. The van der Waals surface area contributed by atoms with Gasteiger partial charge in [0, 0.05) is 12.0 Å². The molecule has 1 heterocycles. The van der Waals surface area contributed by atoms with Crippen molar-refractivity contribution in [3.63, 3.8) is 0 Å². The van der Waals surface area contributed by atoms with Gasteiger partial charge in [0.05, 0.1) is 10.7 Å². The fourth-order valence-corrected chi connectivity index (χ4v) is 2.43. The summed E-state index contributed by atoms with van der Waals surface area (Å²) in [5.74, 6) is 0.495. The SMILES string of the molecule is CSc1nc(Cl)c(CC=O)c(Nc2ccccc2Cl)n1. The molecule has 0 saturated heterocycles. The van der Waals surface area contributed by atoms with E-state index in [9.17, 15) is 4.79 Å². The molecule has 20 heavy (non-hydrogen) atoms. The molecule has 2 rings (SSSR count). The number of nitrogens with one attached hydrogen (secondary N) is 1. The molecule has 0 unspecified atom stereocenters. The number of anilines is 2. The number of rotatable bonds is 5. The monoisotopic (exact) mass is 327 g/mol. The lowest BCUT2D eigenvalue weighted by Crippen LogP contribution is -2.04. The first-order chi connectivity index (χ1) is 9.65. The zero-order valence-corrected chi connectivity index (χ0v) is 12.9. The van der Waals surface area contributed by atoms with Crippen LogP contribution < -0.4 is 5.32 Å². The highest BCUT2D eigenvalue weighted by atomic mass is 35.5. The molecule has 1 aromatic carbocycles. The maximum atomic E-state index is 10.8. The molecule has 0 radical (unpaired) electrons. The molecule has 0 saturated carbocycles. The van der Waals surface area contributed by atoms with Crippen LogP contribution >= 0.6 is 35.0 Å². The highest BCUT2D eigenvalue weighted by molar-refractivity contribution is 7.98. The number of carbonyl (C=O) groups is 1. The van der Waals surface area contributed by atoms with Gasteiger partial charge in [0.1, 0.15) is 17.3 Å². The average molecular weight is 328 g/mol. The number of halogens is 2. The zero-order valence-electron chi connectivity index (χ0n) is 10.6. The van der Waals surface area contributed by atoms with Crippen LogP contribution in [-0.2, 0) is 11.2 Å². The highest BCUT2D eigenvalue weighted by Crippen LogP contribution is 2.29. The number of nitrogens with zero attached hydrogens (tertiary/aromatic N) is 2. The van der Waals surface area contributed by atoms with Crippen LogP contribution in [0.3, 0.4) is 0 Å². The number of thioether (sulfide) groups is 1. The second-order valence-electron chi connectivity index (χ2n) is 3.80. The summed E-state index contributed by atoms with van der Waals surface area (Å²) in [5.41, 5.74) is 1.25.